The highest BCUT2D eigenvalue weighted by atomic mass is 16.3. The zero-order valence-corrected chi connectivity index (χ0v) is 6.35. The van der Waals surface area contributed by atoms with Gasteiger partial charge in [0.05, 0.1) is 0 Å². The molecule has 0 aliphatic rings. The Hall–Kier alpha value is -2.18. The highest BCUT2D eigenvalue weighted by Crippen LogP contribution is 2.17. The van der Waals surface area contributed by atoms with Gasteiger partial charge in [0.25, 0.3) is 0 Å². The average Bonchev–Trinajstić information content (AvgIpc) is 2.62. The van der Waals surface area contributed by atoms with Gasteiger partial charge in [0.15, 0.2) is 11.6 Å². The molecule has 66 valence electrons. The molecular weight excluding hydrogens is 174 g/mol. The molecule has 0 amide bonds. The van der Waals surface area contributed by atoms with Crippen LogP contribution >= 0.6 is 0 Å². The SMILES string of the molecule is O=c1cc[nH]c(-c2nnn[nH]2)c1O. The first-order valence-corrected chi connectivity index (χ1v) is 3.44. The van der Waals surface area contributed by atoms with Crippen LogP contribution in [-0.2, 0) is 0 Å². The number of nitrogens with zero attached hydrogens (tertiary/aromatic N) is 3. The molecule has 2 aromatic heterocycles. The molecule has 0 saturated carbocycles. The molecule has 0 bridgehead atoms. The Bertz CT molecular complexity index is 460. The van der Waals surface area contributed by atoms with Crippen LogP contribution in [0.15, 0.2) is 17.1 Å². The van der Waals surface area contributed by atoms with E-state index < -0.39 is 11.2 Å². The van der Waals surface area contributed by atoms with E-state index in [2.05, 4.69) is 25.6 Å². The number of hydrogen-bond donors (Lipinski definition) is 3. The van der Waals surface area contributed by atoms with E-state index in [-0.39, 0.29) is 11.5 Å². The largest absolute Gasteiger partial charge is 0.503 e. The number of hydrogen-bond acceptors (Lipinski definition) is 5. The summed E-state index contributed by atoms with van der Waals surface area (Å²) in [5.41, 5.74) is -0.303. The van der Waals surface area contributed by atoms with Crippen molar-refractivity contribution in [2.24, 2.45) is 0 Å². The third-order valence-electron chi connectivity index (χ3n) is 1.51. The number of aromatic nitrogens is 5. The summed E-state index contributed by atoms with van der Waals surface area (Å²) in [6.45, 7) is 0. The molecule has 0 saturated heterocycles. The van der Waals surface area contributed by atoms with Crippen molar-refractivity contribution in [3.05, 3.63) is 22.5 Å². The fourth-order valence-corrected chi connectivity index (χ4v) is 0.917. The van der Waals surface area contributed by atoms with Crippen LogP contribution in [0.4, 0.5) is 0 Å². The molecule has 7 nitrogen and oxygen atoms in total. The molecule has 13 heavy (non-hydrogen) atoms. The van der Waals surface area contributed by atoms with E-state index in [9.17, 15) is 9.90 Å². The summed E-state index contributed by atoms with van der Waals surface area (Å²) >= 11 is 0. The van der Waals surface area contributed by atoms with Gasteiger partial charge in [-0.3, -0.25) is 4.79 Å². The number of aromatic amines is 2. The van der Waals surface area contributed by atoms with Gasteiger partial charge < -0.3 is 10.1 Å². The van der Waals surface area contributed by atoms with Gasteiger partial charge in [-0.2, -0.15) is 0 Å². The Balaban J connectivity index is 2.66. The van der Waals surface area contributed by atoms with Crippen molar-refractivity contribution in [3.63, 3.8) is 0 Å². The molecule has 0 spiro atoms. The van der Waals surface area contributed by atoms with Crippen LogP contribution in [-0.4, -0.2) is 30.7 Å². The number of pyridine rings is 1. The summed E-state index contributed by atoms with van der Waals surface area (Å²) in [6, 6.07) is 1.21. The minimum absolute atomic E-state index is 0.178. The first-order chi connectivity index (χ1) is 6.29. The second-order valence-corrected chi connectivity index (χ2v) is 2.32. The van der Waals surface area contributed by atoms with Crippen LogP contribution in [0.3, 0.4) is 0 Å². The van der Waals surface area contributed by atoms with Crippen molar-refractivity contribution >= 4 is 0 Å². The zero-order valence-electron chi connectivity index (χ0n) is 6.35. The van der Waals surface area contributed by atoms with E-state index in [4.69, 9.17) is 0 Å². The van der Waals surface area contributed by atoms with E-state index in [1.165, 1.54) is 12.3 Å². The van der Waals surface area contributed by atoms with Gasteiger partial charge in [-0.05, 0) is 10.4 Å². The Morgan fingerprint density at radius 1 is 1.46 bits per heavy atom. The minimum atomic E-state index is -0.481. The third-order valence-corrected chi connectivity index (χ3v) is 1.51. The molecule has 0 fully saturated rings. The lowest BCUT2D eigenvalue weighted by Gasteiger charge is -1.96. The first-order valence-electron chi connectivity index (χ1n) is 3.44. The van der Waals surface area contributed by atoms with Gasteiger partial charge in [0.2, 0.25) is 5.43 Å². The molecule has 0 aromatic carbocycles. The molecule has 2 rings (SSSR count). The van der Waals surface area contributed by atoms with E-state index in [1.54, 1.807) is 0 Å². The molecule has 0 atom stereocenters. The first kappa shape index (κ1) is 7.47. The van der Waals surface area contributed by atoms with Crippen molar-refractivity contribution in [1.29, 1.82) is 0 Å². The Kier molecular flexibility index (Phi) is 1.55. The maximum absolute atomic E-state index is 11.0. The summed E-state index contributed by atoms with van der Waals surface area (Å²) in [6.07, 6.45) is 1.40. The van der Waals surface area contributed by atoms with Crippen LogP contribution in [0.25, 0.3) is 11.5 Å². The van der Waals surface area contributed by atoms with Crippen LogP contribution < -0.4 is 5.43 Å². The van der Waals surface area contributed by atoms with Crippen molar-refractivity contribution < 1.29 is 5.11 Å². The molecule has 3 N–H and O–H groups in total. The Morgan fingerprint density at radius 3 is 3.00 bits per heavy atom. The molecule has 0 aliphatic heterocycles. The van der Waals surface area contributed by atoms with Crippen LogP contribution in [0.2, 0.25) is 0 Å². The van der Waals surface area contributed by atoms with E-state index in [1.807, 2.05) is 0 Å². The van der Waals surface area contributed by atoms with Crippen molar-refractivity contribution in [3.8, 4) is 17.3 Å². The molecule has 2 heterocycles. The summed E-state index contributed by atoms with van der Waals surface area (Å²) in [7, 11) is 0. The molecular formula is C6H5N5O2. The van der Waals surface area contributed by atoms with E-state index in [0.29, 0.717) is 0 Å². The zero-order chi connectivity index (χ0) is 9.26. The quantitative estimate of drug-likeness (QED) is 0.534. The fraction of sp³-hybridized carbons (Fsp3) is 0. The number of rotatable bonds is 1. The maximum Gasteiger partial charge on any atom is 0.223 e. The number of tetrazole rings is 1. The second-order valence-electron chi connectivity index (χ2n) is 2.32. The van der Waals surface area contributed by atoms with Gasteiger partial charge in [-0.15, -0.1) is 5.10 Å². The highest BCUT2D eigenvalue weighted by Gasteiger charge is 2.09. The Labute approximate surface area is 71.4 Å². The molecule has 0 aliphatic carbocycles. The normalized spacial score (nSPS) is 10.2. The number of nitrogens with one attached hydrogen (secondary N) is 2. The number of H-pyrrole nitrogens is 2. The van der Waals surface area contributed by atoms with Crippen LogP contribution in [0.1, 0.15) is 0 Å². The lowest BCUT2D eigenvalue weighted by Crippen LogP contribution is -2.01. The Morgan fingerprint density at radius 2 is 2.31 bits per heavy atom. The summed E-state index contributed by atoms with van der Waals surface area (Å²) in [4.78, 5) is 13.6. The molecule has 7 heteroatoms. The lowest BCUT2D eigenvalue weighted by atomic mass is 10.3. The van der Waals surface area contributed by atoms with Crippen molar-refractivity contribution in [2.45, 2.75) is 0 Å². The molecule has 0 unspecified atom stereocenters. The third kappa shape index (κ3) is 1.15. The van der Waals surface area contributed by atoms with Gasteiger partial charge in [-0.25, -0.2) is 5.10 Å². The van der Waals surface area contributed by atoms with E-state index in [0.717, 1.165) is 0 Å². The minimum Gasteiger partial charge on any atom is -0.503 e. The number of aromatic hydroxyl groups is 1. The molecule has 2 aromatic rings. The van der Waals surface area contributed by atoms with Gasteiger partial charge in [-0.1, -0.05) is 0 Å². The topological polar surface area (TPSA) is 108 Å². The predicted molar refractivity (Wildman–Crippen MR) is 41.9 cm³/mol. The van der Waals surface area contributed by atoms with Crippen molar-refractivity contribution in [1.82, 2.24) is 25.6 Å². The summed E-state index contributed by atoms with van der Waals surface area (Å²) in [5, 5.41) is 21.9. The molecule has 0 radical (unpaired) electrons. The van der Waals surface area contributed by atoms with Gasteiger partial charge in [0.1, 0.15) is 5.69 Å². The maximum atomic E-state index is 11.0. The lowest BCUT2D eigenvalue weighted by molar-refractivity contribution is 0.469. The van der Waals surface area contributed by atoms with E-state index >= 15 is 0 Å². The predicted octanol–water partition coefficient (Wildman–Crippen LogP) is -0.739. The van der Waals surface area contributed by atoms with Gasteiger partial charge >= 0.3 is 0 Å². The van der Waals surface area contributed by atoms with Gasteiger partial charge in [0, 0.05) is 12.3 Å². The highest BCUT2D eigenvalue weighted by molar-refractivity contribution is 5.56. The summed E-state index contributed by atoms with van der Waals surface area (Å²) in [5.74, 6) is -0.184. The summed E-state index contributed by atoms with van der Waals surface area (Å²) < 4.78 is 0. The van der Waals surface area contributed by atoms with Crippen LogP contribution in [0.5, 0.6) is 5.75 Å². The van der Waals surface area contributed by atoms with Crippen LogP contribution in [0, 0.1) is 0 Å². The smallest absolute Gasteiger partial charge is 0.223 e. The standard InChI is InChI=1S/C6H5N5O2/c12-3-1-2-7-4(5(3)13)6-8-10-11-9-6/h1-2,13H,(H,7,12)(H,8,9,10,11). The second kappa shape index (κ2) is 2.70. The average molecular weight is 179 g/mol. The monoisotopic (exact) mass is 179 g/mol. The van der Waals surface area contributed by atoms with Crippen molar-refractivity contribution in [2.75, 3.05) is 0 Å². The fourth-order valence-electron chi connectivity index (χ4n) is 0.917.